The summed E-state index contributed by atoms with van der Waals surface area (Å²) in [6.45, 7) is 1.51. The molecule has 4 rings (SSSR count). The van der Waals surface area contributed by atoms with Crippen molar-refractivity contribution in [1.82, 2.24) is 4.90 Å². The van der Waals surface area contributed by atoms with Crippen LogP contribution in [0, 0.1) is 0 Å². The molecule has 2 aliphatic heterocycles. The van der Waals surface area contributed by atoms with Gasteiger partial charge in [0, 0.05) is 30.8 Å². The predicted octanol–water partition coefficient (Wildman–Crippen LogP) is 3.60. The third-order valence-corrected chi connectivity index (χ3v) is 5.04. The molecule has 142 valence electrons. The van der Waals surface area contributed by atoms with Crippen LogP contribution in [0.25, 0.3) is 0 Å². The van der Waals surface area contributed by atoms with E-state index < -0.39 is 0 Å². The molecule has 2 aromatic carbocycles. The summed E-state index contributed by atoms with van der Waals surface area (Å²) in [6.07, 6.45) is 1.88. The maximum absolute atomic E-state index is 13.2. The van der Waals surface area contributed by atoms with Crippen molar-refractivity contribution in [2.75, 3.05) is 19.9 Å². The summed E-state index contributed by atoms with van der Waals surface area (Å²) in [5.74, 6) is 0.880. The van der Waals surface area contributed by atoms with Gasteiger partial charge in [-0.05, 0) is 31.0 Å². The first-order valence-corrected chi connectivity index (χ1v) is 9.26. The monoisotopic (exact) mass is 389 g/mol. The van der Waals surface area contributed by atoms with Gasteiger partial charge < -0.3 is 24.2 Å². The molecule has 27 heavy (non-hydrogen) atoms. The molecular weight excluding hydrogens is 370 g/mol. The van der Waals surface area contributed by atoms with Crippen LogP contribution < -0.4 is 9.47 Å². The zero-order chi connectivity index (χ0) is 18.8. The number of phenols is 1. The molecule has 0 bridgehead atoms. The second kappa shape index (κ2) is 7.66. The SMILES string of the molecule is O=C(c1cc(Cl)c2c(c1)OCO2)N(Cc1ccccc1O)C[C@H]1CCCO1. The van der Waals surface area contributed by atoms with Crippen LogP contribution in [0.2, 0.25) is 5.02 Å². The molecule has 2 aromatic rings. The number of ether oxygens (including phenoxy) is 3. The lowest BCUT2D eigenvalue weighted by Gasteiger charge is -2.26. The van der Waals surface area contributed by atoms with Crippen LogP contribution in [0.3, 0.4) is 0 Å². The maximum atomic E-state index is 13.2. The van der Waals surface area contributed by atoms with Crippen LogP contribution in [-0.2, 0) is 11.3 Å². The lowest BCUT2D eigenvalue weighted by atomic mass is 10.1. The minimum atomic E-state index is -0.200. The smallest absolute Gasteiger partial charge is 0.254 e. The molecule has 1 amide bonds. The number of phenolic OH excluding ortho intramolecular Hbond substituents is 1. The number of benzene rings is 2. The molecule has 0 radical (unpaired) electrons. The van der Waals surface area contributed by atoms with Gasteiger partial charge in [0.2, 0.25) is 6.79 Å². The van der Waals surface area contributed by atoms with E-state index in [4.69, 9.17) is 25.8 Å². The molecule has 0 unspecified atom stereocenters. The van der Waals surface area contributed by atoms with Crippen molar-refractivity contribution in [3.8, 4) is 17.2 Å². The Morgan fingerprint density at radius 3 is 2.89 bits per heavy atom. The highest BCUT2D eigenvalue weighted by Crippen LogP contribution is 2.40. The molecule has 0 spiro atoms. The van der Waals surface area contributed by atoms with Gasteiger partial charge in [-0.15, -0.1) is 0 Å². The topological polar surface area (TPSA) is 68.2 Å². The van der Waals surface area contributed by atoms with Crippen LogP contribution in [0.1, 0.15) is 28.8 Å². The highest BCUT2D eigenvalue weighted by molar-refractivity contribution is 6.32. The van der Waals surface area contributed by atoms with Crippen molar-refractivity contribution in [3.05, 3.63) is 52.5 Å². The van der Waals surface area contributed by atoms with Crippen molar-refractivity contribution in [2.24, 2.45) is 0 Å². The molecule has 1 atom stereocenters. The Bertz CT molecular complexity index is 850. The summed E-state index contributed by atoms with van der Waals surface area (Å²) in [4.78, 5) is 14.9. The van der Waals surface area contributed by atoms with Crippen molar-refractivity contribution in [1.29, 1.82) is 0 Å². The molecule has 0 aromatic heterocycles. The Balaban J connectivity index is 1.62. The first-order chi connectivity index (χ1) is 13.1. The van der Waals surface area contributed by atoms with Crippen molar-refractivity contribution >= 4 is 17.5 Å². The van der Waals surface area contributed by atoms with Gasteiger partial charge in [0.1, 0.15) is 5.75 Å². The molecule has 0 aliphatic carbocycles. The second-order valence-corrected chi connectivity index (χ2v) is 7.05. The fraction of sp³-hybridized carbons (Fsp3) is 0.350. The van der Waals surface area contributed by atoms with Crippen LogP contribution in [0.15, 0.2) is 36.4 Å². The summed E-state index contributed by atoms with van der Waals surface area (Å²) in [5.41, 5.74) is 1.09. The summed E-state index contributed by atoms with van der Waals surface area (Å²) >= 11 is 6.24. The molecule has 2 aliphatic rings. The molecule has 7 heteroatoms. The van der Waals surface area contributed by atoms with E-state index in [2.05, 4.69) is 0 Å². The summed E-state index contributed by atoms with van der Waals surface area (Å²) in [6, 6.07) is 10.2. The lowest BCUT2D eigenvalue weighted by Crippen LogP contribution is -2.37. The molecule has 6 nitrogen and oxygen atoms in total. The van der Waals surface area contributed by atoms with E-state index in [1.165, 1.54) is 0 Å². The largest absolute Gasteiger partial charge is 0.508 e. The normalized spacial score (nSPS) is 17.9. The summed E-state index contributed by atoms with van der Waals surface area (Å²) < 4.78 is 16.4. The van der Waals surface area contributed by atoms with Crippen molar-refractivity contribution < 1.29 is 24.1 Å². The van der Waals surface area contributed by atoms with E-state index in [1.54, 1.807) is 35.2 Å². The number of nitrogens with zero attached hydrogens (tertiary/aromatic N) is 1. The van der Waals surface area contributed by atoms with E-state index >= 15 is 0 Å². The number of hydrogen-bond acceptors (Lipinski definition) is 5. The number of halogens is 1. The van der Waals surface area contributed by atoms with Gasteiger partial charge in [-0.3, -0.25) is 4.79 Å². The third-order valence-electron chi connectivity index (χ3n) is 4.76. The number of carbonyl (C=O) groups excluding carboxylic acids is 1. The molecule has 1 N–H and O–H groups in total. The minimum Gasteiger partial charge on any atom is -0.508 e. The Morgan fingerprint density at radius 1 is 1.26 bits per heavy atom. The fourth-order valence-corrected chi connectivity index (χ4v) is 3.64. The number of fused-ring (bicyclic) bond motifs is 1. The van der Waals surface area contributed by atoms with Gasteiger partial charge in [0.25, 0.3) is 5.91 Å². The number of aromatic hydroxyl groups is 1. The molecule has 0 saturated carbocycles. The Kier molecular flexibility index (Phi) is 5.09. The zero-order valence-corrected chi connectivity index (χ0v) is 15.4. The first-order valence-electron chi connectivity index (χ1n) is 8.88. The average Bonchev–Trinajstić information content (AvgIpc) is 3.34. The van der Waals surface area contributed by atoms with Gasteiger partial charge in [-0.25, -0.2) is 0 Å². The number of rotatable bonds is 5. The molecular formula is C20H20ClNO5. The summed E-state index contributed by atoms with van der Waals surface area (Å²) in [7, 11) is 0. The second-order valence-electron chi connectivity index (χ2n) is 6.64. The van der Waals surface area contributed by atoms with E-state index in [1.807, 2.05) is 6.07 Å². The maximum Gasteiger partial charge on any atom is 0.254 e. The molecule has 2 heterocycles. The molecule has 1 fully saturated rings. The van der Waals surface area contributed by atoms with Crippen molar-refractivity contribution in [2.45, 2.75) is 25.5 Å². The van der Waals surface area contributed by atoms with Gasteiger partial charge in [0.05, 0.1) is 11.1 Å². The number of para-hydroxylation sites is 1. The van der Waals surface area contributed by atoms with E-state index in [-0.39, 0.29) is 31.1 Å². The van der Waals surface area contributed by atoms with E-state index in [0.717, 1.165) is 12.8 Å². The van der Waals surface area contributed by atoms with Crippen LogP contribution >= 0.6 is 11.6 Å². The van der Waals surface area contributed by atoms with Gasteiger partial charge in [-0.2, -0.15) is 0 Å². The number of hydrogen-bond donors (Lipinski definition) is 1. The standard InChI is InChI=1S/C20H20ClNO5/c21-16-8-14(9-18-19(16)27-12-26-18)20(24)22(11-15-5-3-7-25-15)10-13-4-1-2-6-17(13)23/h1-2,4,6,8-9,15,23H,3,5,7,10-12H2/t15-/m1/s1. The number of amides is 1. The van der Waals surface area contributed by atoms with Gasteiger partial charge >= 0.3 is 0 Å². The molecule has 1 saturated heterocycles. The zero-order valence-electron chi connectivity index (χ0n) is 14.7. The number of carbonyl (C=O) groups is 1. The lowest BCUT2D eigenvalue weighted by molar-refractivity contribution is 0.0505. The predicted molar refractivity (Wildman–Crippen MR) is 99.4 cm³/mol. The van der Waals surface area contributed by atoms with Gasteiger partial charge in [0.15, 0.2) is 11.5 Å². The summed E-state index contributed by atoms with van der Waals surface area (Å²) in [5, 5.41) is 10.5. The minimum absolute atomic E-state index is 0.00992. The van der Waals surface area contributed by atoms with E-state index in [9.17, 15) is 9.90 Å². The average molecular weight is 390 g/mol. The third kappa shape index (κ3) is 3.82. The Morgan fingerprint density at radius 2 is 2.11 bits per heavy atom. The van der Waals surface area contributed by atoms with Crippen LogP contribution in [-0.4, -0.2) is 42.0 Å². The highest BCUT2D eigenvalue weighted by atomic mass is 35.5. The quantitative estimate of drug-likeness (QED) is 0.846. The van der Waals surface area contributed by atoms with Crippen molar-refractivity contribution in [3.63, 3.8) is 0 Å². The van der Waals surface area contributed by atoms with Crippen LogP contribution in [0.4, 0.5) is 0 Å². The first kappa shape index (κ1) is 17.9. The Hall–Kier alpha value is -2.44. The van der Waals surface area contributed by atoms with E-state index in [0.29, 0.717) is 40.8 Å². The Labute approximate surface area is 162 Å². The van der Waals surface area contributed by atoms with Crippen LogP contribution in [0.5, 0.6) is 17.2 Å². The highest BCUT2D eigenvalue weighted by Gasteiger charge is 2.27. The van der Waals surface area contributed by atoms with Gasteiger partial charge in [-0.1, -0.05) is 29.8 Å². The fourth-order valence-electron chi connectivity index (χ4n) is 3.38.